The van der Waals surface area contributed by atoms with E-state index in [2.05, 4.69) is 0 Å². The molecule has 0 fully saturated rings. The second-order valence-corrected chi connectivity index (χ2v) is 5.49. The highest BCUT2D eigenvalue weighted by atomic mass is 16.5. The van der Waals surface area contributed by atoms with Gasteiger partial charge in [0.1, 0.15) is 5.75 Å². The maximum atomic E-state index is 12.3. The summed E-state index contributed by atoms with van der Waals surface area (Å²) in [5.74, 6) is -0.683. The fourth-order valence-electron chi connectivity index (χ4n) is 2.76. The summed E-state index contributed by atoms with van der Waals surface area (Å²) in [5, 5.41) is 9.93. The molecule has 5 nitrogen and oxygen atoms in total. The highest BCUT2D eigenvalue weighted by Gasteiger charge is 2.37. The van der Waals surface area contributed by atoms with Crippen molar-refractivity contribution in [2.24, 2.45) is 0 Å². The average Bonchev–Trinajstić information content (AvgIpc) is 2.84. The molecule has 0 radical (unpaired) electrons. The van der Waals surface area contributed by atoms with Gasteiger partial charge in [0, 0.05) is 5.57 Å². The predicted octanol–water partition coefficient (Wildman–Crippen LogP) is 2.84. The third-order valence-corrected chi connectivity index (χ3v) is 4.04. The molecule has 0 aromatic heterocycles. The first-order valence-corrected chi connectivity index (χ1v) is 7.61. The van der Waals surface area contributed by atoms with Gasteiger partial charge < -0.3 is 4.74 Å². The predicted molar refractivity (Wildman–Crippen MR) is 88.3 cm³/mol. The summed E-state index contributed by atoms with van der Waals surface area (Å²) in [4.78, 5) is 24.5. The number of amides is 2. The van der Waals surface area contributed by atoms with E-state index in [4.69, 9.17) is 4.74 Å². The quantitative estimate of drug-likeness (QED) is 0.679. The lowest BCUT2D eigenvalue weighted by molar-refractivity contribution is -0.169. The molecule has 0 atom stereocenters. The summed E-state index contributed by atoms with van der Waals surface area (Å²) in [6.07, 6.45) is 0.996. The van der Waals surface area contributed by atoms with Gasteiger partial charge in [0.2, 0.25) is 0 Å². The number of nitrogens with zero attached hydrogens (tertiary/aromatic N) is 1. The van der Waals surface area contributed by atoms with Gasteiger partial charge in [0.25, 0.3) is 11.8 Å². The molecule has 122 valence electrons. The Morgan fingerprint density at radius 2 is 1.58 bits per heavy atom. The van der Waals surface area contributed by atoms with Gasteiger partial charge in [0.05, 0.1) is 12.7 Å². The molecule has 24 heavy (non-hydrogen) atoms. The maximum absolute atomic E-state index is 12.3. The van der Waals surface area contributed by atoms with Gasteiger partial charge in [-0.25, -0.2) is 0 Å². The largest absolute Gasteiger partial charge is 0.497 e. The number of carbonyl (C=O) groups is 2. The summed E-state index contributed by atoms with van der Waals surface area (Å²) in [5.41, 5.74) is 2.24. The Bertz CT molecular complexity index is 794. The van der Waals surface area contributed by atoms with Crippen LogP contribution in [0.3, 0.4) is 0 Å². The number of ether oxygens (including phenoxy) is 1. The van der Waals surface area contributed by atoms with E-state index in [0.29, 0.717) is 29.7 Å². The van der Waals surface area contributed by atoms with Crippen molar-refractivity contribution in [3.8, 4) is 5.75 Å². The number of rotatable bonds is 5. The minimum Gasteiger partial charge on any atom is -0.497 e. The van der Waals surface area contributed by atoms with Crippen LogP contribution in [-0.2, 0) is 16.0 Å². The molecule has 0 bridgehead atoms. The van der Waals surface area contributed by atoms with Crippen molar-refractivity contribution in [2.45, 2.75) is 12.8 Å². The molecule has 2 amide bonds. The van der Waals surface area contributed by atoms with Crippen LogP contribution in [-0.4, -0.2) is 29.2 Å². The highest BCUT2D eigenvalue weighted by molar-refractivity contribution is 6.35. The second kappa shape index (κ2) is 6.68. The number of hydrogen-bond donors (Lipinski definition) is 1. The van der Waals surface area contributed by atoms with E-state index < -0.39 is 11.8 Å². The van der Waals surface area contributed by atoms with Crippen molar-refractivity contribution in [2.75, 3.05) is 7.11 Å². The first kappa shape index (κ1) is 16.0. The number of benzene rings is 2. The summed E-state index contributed by atoms with van der Waals surface area (Å²) in [7, 11) is 1.55. The second-order valence-electron chi connectivity index (χ2n) is 5.49. The molecule has 3 rings (SSSR count). The van der Waals surface area contributed by atoms with Crippen molar-refractivity contribution >= 4 is 17.4 Å². The van der Waals surface area contributed by atoms with E-state index >= 15 is 0 Å². The first-order chi connectivity index (χ1) is 11.6. The van der Waals surface area contributed by atoms with Crippen LogP contribution in [0.2, 0.25) is 0 Å². The van der Waals surface area contributed by atoms with Crippen LogP contribution in [0.4, 0.5) is 0 Å². The van der Waals surface area contributed by atoms with E-state index in [9.17, 15) is 14.8 Å². The smallest absolute Gasteiger partial charge is 0.285 e. The Balaban J connectivity index is 1.94. The molecular formula is C19H17NO4. The van der Waals surface area contributed by atoms with Crippen LogP contribution < -0.4 is 4.74 Å². The van der Waals surface area contributed by atoms with E-state index in [-0.39, 0.29) is 10.6 Å². The van der Waals surface area contributed by atoms with Crippen LogP contribution in [0.25, 0.3) is 5.57 Å². The third-order valence-electron chi connectivity index (χ3n) is 4.04. The molecule has 1 aliphatic rings. The molecule has 0 saturated carbocycles. The molecule has 0 unspecified atom stereocenters. The Morgan fingerprint density at radius 1 is 0.917 bits per heavy atom. The number of hydrogen-bond acceptors (Lipinski definition) is 4. The molecule has 0 spiro atoms. The fourth-order valence-corrected chi connectivity index (χ4v) is 2.76. The molecule has 1 heterocycles. The number of aryl methyl sites for hydroxylation is 1. The van der Waals surface area contributed by atoms with E-state index in [1.807, 2.05) is 30.3 Å². The summed E-state index contributed by atoms with van der Waals surface area (Å²) < 4.78 is 5.11. The number of hydroxylamine groups is 2. The Morgan fingerprint density at radius 3 is 2.21 bits per heavy atom. The highest BCUT2D eigenvalue weighted by Crippen LogP contribution is 2.32. The van der Waals surface area contributed by atoms with Gasteiger partial charge in [0.15, 0.2) is 0 Å². The fraction of sp³-hybridized carbons (Fsp3) is 0.158. The molecule has 0 saturated heterocycles. The van der Waals surface area contributed by atoms with Crippen molar-refractivity contribution in [1.29, 1.82) is 0 Å². The number of carbonyl (C=O) groups excluding carboxylic acids is 2. The lowest BCUT2D eigenvalue weighted by atomic mass is 9.97. The van der Waals surface area contributed by atoms with E-state index in [0.717, 1.165) is 5.56 Å². The van der Waals surface area contributed by atoms with Crippen molar-refractivity contribution in [3.05, 3.63) is 71.3 Å². The first-order valence-electron chi connectivity index (χ1n) is 7.61. The van der Waals surface area contributed by atoms with Crippen LogP contribution in [0.1, 0.15) is 17.5 Å². The minimum atomic E-state index is -0.687. The molecule has 5 heteroatoms. The standard InChI is InChI=1S/C19H17NO4/c1-24-15-10-8-14(9-11-15)17-16(18(21)20(23)19(17)22)12-7-13-5-3-2-4-6-13/h2-6,8-11,23H,7,12H2,1H3. The average molecular weight is 323 g/mol. The topological polar surface area (TPSA) is 66.8 Å². The monoisotopic (exact) mass is 323 g/mol. The summed E-state index contributed by atoms with van der Waals surface area (Å²) in [6, 6.07) is 16.6. The lowest BCUT2D eigenvalue weighted by Gasteiger charge is -2.06. The van der Waals surface area contributed by atoms with Crippen LogP contribution in [0.5, 0.6) is 5.75 Å². The zero-order valence-corrected chi connectivity index (χ0v) is 13.2. The molecule has 1 N–H and O–H groups in total. The molecular weight excluding hydrogens is 306 g/mol. The zero-order valence-electron chi connectivity index (χ0n) is 13.2. The van der Waals surface area contributed by atoms with Crippen LogP contribution >= 0.6 is 0 Å². The molecule has 1 aliphatic heterocycles. The normalized spacial score (nSPS) is 14.5. The Kier molecular flexibility index (Phi) is 4.44. The van der Waals surface area contributed by atoms with Gasteiger partial charge in [-0.05, 0) is 36.1 Å². The lowest BCUT2D eigenvalue weighted by Crippen LogP contribution is -2.27. The van der Waals surface area contributed by atoms with Gasteiger partial charge in [-0.15, -0.1) is 5.06 Å². The summed E-state index contributed by atoms with van der Waals surface area (Å²) in [6.45, 7) is 0. The minimum absolute atomic E-state index is 0.194. The van der Waals surface area contributed by atoms with Crippen molar-refractivity contribution in [1.82, 2.24) is 5.06 Å². The number of imide groups is 1. The third kappa shape index (κ3) is 2.94. The Hall–Kier alpha value is -2.92. The van der Waals surface area contributed by atoms with Gasteiger partial charge in [-0.1, -0.05) is 42.5 Å². The van der Waals surface area contributed by atoms with Gasteiger partial charge in [-0.3, -0.25) is 14.8 Å². The van der Waals surface area contributed by atoms with E-state index in [1.165, 1.54) is 0 Å². The SMILES string of the molecule is COc1ccc(C2=C(CCc3ccccc3)C(=O)N(O)C2=O)cc1. The molecule has 2 aromatic carbocycles. The van der Waals surface area contributed by atoms with Crippen LogP contribution in [0, 0.1) is 0 Å². The Labute approximate surface area is 139 Å². The zero-order chi connectivity index (χ0) is 17.1. The van der Waals surface area contributed by atoms with Crippen LogP contribution in [0.15, 0.2) is 60.2 Å². The molecule has 2 aromatic rings. The number of methoxy groups -OCH3 is 1. The van der Waals surface area contributed by atoms with E-state index in [1.54, 1.807) is 31.4 Å². The van der Waals surface area contributed by atoms with Crippen molar-refractivity contribution in [3.63, 3.8) is 0 Å². The maximum Gasteiger partial charge on any atom is 0.285 e. The van der Waals surface area contributed by atoms with Crippen molar-refractivity contribution < 1.29 is 19.5 Å². The van der Waals surface area contributed by atoms with Gasteiger partial charge >= 0.3 is 0 Å². The molecule has 0 aliphatic carbocycles. The van der Waals surface area contributed by atoms with Gasteiger partial charge in [-0.2, -0.15) is 0 Å². The summed E-state index contributed by atoms with van der Waals surface area (Å²) >= 11 is 0.